The van der Waals surface area contributed by atoms with E-state index < -0.39 is 0 Å². The van der Waals surface area contributed by atoms with Gasteiger partial charge in [0.15, 0.2) is 0 Å². The molecule has 0 spiro atoms. The Morgan fingerprint density at radius 3 is 2.71 bits per heavy atom. The van der Waals surface area contributed by atoms with E-state index in [0.29, 0.717) is 17.1 Å². The SMILES string of the molecule is O=C(c1cnc2ccccc2c1)N1CCC(c2ccc(Cl)cc2)=N1. The summed E-state index contributed by atoms with van der Waals surface area (Å²) in [6, 6.07) is 17.1. The molecule has 1 aliphatic rings. The third kappa shape index (κ3) is 2.76. The fraction of sp³-hybridized carbons (Fsp3) is 0.105. The van der Waals surface area contributed by atoms with Gasteiger partial charge < -0.3 is 0 Å². The fourth-order valence-corrected chi connectivity index (χ4v) is 2.91. The predicted octanol–water partition coefficient (Wildman–Crippen LogP) is 4.14. The average molecular weight is 336 g/mol. The van der Waals surface area contributed by atoms with Crippen molar-refractivity contribution in [2.24, 2.45) is 5.10 Å². The second-order valence-corrected chi connectivity index (χ2v) is 6.09. The zero-order valence-corrected chi connectivity index (χ0v) is 13.6. The molecule has 0 N–H and O–H groups in total. The van der Waals surface area contributed by atoms with E-state index in [1.54, 1.807) is 6.20 Å². The summed E-state index contributed by atoms with van der Waals surface area (Å²) in [4.78, 5) is 17.0. The van der Waals surface area contributed by atoms with Crippen molar-refractivity contribution in [1.29, 1.82) is 0 Å². The van der Waals surface area contributed by atoms with Gasteiger partial charge in [-0.15, -0.1) is 0 Å². The quantitative estimate of drug-likeness (QED) is 0.706. The van der Waals surface area contributed by atoms with Crippen LogP contribution in [0.4, 0.5) is 0 Å². The molecule has 0 aliphatic carbocycles. The molecule has 0 saturated heterocycles. The first-order valence-corrected chi connectivity index (χ1v) is 8.08. The van der Waals surface area contributed by atoms with Gasteiger partial charge in [-0.2, -0.15) is 5.10 Å². The van der Waals surface area contributed by atoms with Crippen LogP contribution in [0.3, 0.4) is 0 Å². The summed E-state index contributed by atoms with van der Waals surface area (Å²) < 4.78 is 0. The van der Waals surface area contributed by atoms with Crippen LogP contribution in [-0.2, 0) is 0 Å². The highest BCUT2D eigenvalue weighted by Gasteiger charge is 2.23. The maximum atomic E-state index is 12.7. The number of carbonyl (C=O) groups is 1. The van der Waals surface area contributed by atoms with E-state index in [1.165, 1.54) is 5.01 Å². The van der Waals surface area contributed by atoms with E-state index in [4.69, 9.17) is 11.6 Å². The average Bonchev–Trinajstić information content (AvgIpc) is 3.11. The summed E-state index contributed by atoms with van der Waals surface area (Å²) >= 11 is 5.91. The van der Waals surface area contributed by atoms with E-state index in [2.05, 4.69) is 10.1 Å². The lowest BCUT2D eigenvalue weighted by Gasteiger charge is -2.11. The number of hydrogen-bond acceptors (Lipinski definition) is 3. The molecule has 0 radical (unpaired) electrons. The number of hydrogen-bond donors (Lipinski definition) is 0. The van der Waals surface area contributed by atoms with Gasteiger partial charge in [0.1, 0.15) is 0 Å². The largest absolute Gasteiger partial charge is 0.275 e. The molecule has 4 nitrogen and oxygen atoms in total. The highest BCUT2D eigenvalue weighted by atomic mass is 35.5. The van der Waals surface area contributed by atoms with Gasteiger partial charge in [0.05, 0.1) is 23.3 Å². The Morgan fingerprint density at radius 1 is 1.08 bits per heavy atom. The van der Waals surface area contributed by atoms with E-state index in [-0.39, 0.29) is 5.91 Å². The minimum absolute atomic E-state index is 0.128. The molecule has 1 aliphatic heterocycles. The lowest BCUT2D eigenvalue weighted by atomic mass is 10.1. The number of fused-ring (bicyclic) bond motifs is 1. The number of hydrazone groups is 1. The number of rotatable bonds is 2. The zero-order chi connectivity index (χ0) is 16.5. The Balaban J connectivity index is 1.61. The number of benzene rings is 2. The Bertz CT molecular complexity index is 950. The van der Waals surface area contributed by atoms with Crippen LogP contribution in [0.5, 0.6) is 0 Å². The number of amides is 1. The molecule has 0 bridgehead atoms. The van der Waals surface area contributed by atoms with Crippen LogP contribution in [0.25, 0.3) is 10.9 Å². The second kappa shape index (κ2) is 6.06. The molecule has 5 heteroatoms. The number of nitrogens with zero attached hydrogens (tertiary/aromatic N) is 3. The van der Waals surface area contributed by atoms with Crippen molar-refractivity contribution in [2.45, 2.75) is 6.42 Å². The van der Waals surface area contributed by atoms with Gasteiger partial charge in [0, 0.05) is 23.0 Å². The molecular formula is C19H14ClN3O. The highest BCUT2D eigenvalue weighted by Crippen LogP contribution is 2.19. The Labute approximate surface area is 144 Å². The third-order valence-corrected chi connectivity index (χ3v) is 4.30. The molecule has 4 rings (SSSR count). The number of halogens is 1. The zero-order valence-electron chi connectivity index (χ0n) is 12.8. The number of aromatic nitrogens is 1. The summed E-state index contributed by atoms with van der Waals surface area (Å²) in [6.07, 6.45) is 2.34. The fourth-order valence-electron chi connectivity index (χ4n) is 2.79. The van der Waals surface area contributed by atoms with Gasteiger partial charge in [-0.05, 0) is 29.8 Å². The minimum atomic E-state index is -0.128. The summed E-state index contributed by atoms with van der Waals surface area (Å²) in [5.41, 5.74) is 3.32. The number of carbonyl (C=O) groups excluding carboxylic acids is 1. The van der Waals surface area contributed by atoms with E-state index in [9.17, 15) is 4.79 Å². The second-order valence-electron chi connectivity index (χ2n) is 5.65. The standard InChI is InChI=1S/C19H14ClN3O/c20-16-7-5-13(6-8-16)18-9-10-23(22-18)19(24)15-11-14-3-1-2-4-17(14)21-12-15/h1-8,11-12H,9-10H2. The predicted molar refractivity (Wildman–Crippen MR) is 95.4 cm³/mol. The Morgan fingerprint density at radius 2 is 1.88 bits per heavy atom. The lowest BCUT2D eigenvalue weighted by Crippen LogP contribution is -2.23. The van der Waals surface area contributed by atoms with Gasteiger partial charge in [0.25, 0.3) is 5.91 Å². The molecule has 2 heterocycles. The van der Waals surface area contributed by atoms with Crippen LogP contribution in [0.2, 0.25) is 5.02 Å². The van der Waals surface area contributed by atoms with Crippen LogP contribution in [0.1, 0.15) is 22.3 Å². The molecule has 2 aromatic carbocycles. The molecule has 0 unspecified atom stereocenters. The van der Waals surface area contributed by atoms with Crippen molar-refractivity contribution in [3.8, 4) is 0 Å². The van der Waals surface area contributed by atoms with Gasteiger partial charge in [-0.3, -0.25) is 9.78 Å². The van der Waals surface area contributed by atoms with Crippen molar-refractivity contribution in [3.63, 3.8) is 0 Å². The monoisotopic (exact) mass is 335 g/mol. The van der Waals surface area contributed by atoms with Crippen LogP contribution >= 0.6 is 11.6 Å². The van der Waals surface area contributed by atoms with Gasteiger partial charge in [-0.1, -0.05) is 41.9 Å². The van der Waals surface area contributed by atoms with Crippen molar-refractivity contribution in [3.05, 3.63) is 76.9 Å². The first-order chi connectivity index (χ1) is 11.7. The molecule has 1 aromatic heterocycles. The molecule has 118 valence electrons. The molecule has 1 amide bonds. The Kier molecular flexibility index (Phi) is 3.75. The maximum absolute atomic E-state index is 12.7. The van der Waals surface area contributed by atoms with Crippen LogP contribution in [-0.4, -0.2) is 28.2 Å². The maximum Gasteiger partial charge on any atom is 0.275 e. The summed E-state index contributed by atoms with van der Waals surface area (Å²) in [7, 11) is 0. The lowest BCUT2D eigenvalue weighted by molar-refractivity contribution is 0.0778. The minimum Gasteiger partial charge on any atom is -0.267 e. The van der Waals surface area contributed by atoms with Crippen LogP contribution in [0, 0.1) is 0 Å². The smallest absolute Gasteiger partial charge is 0.267 e. The first-order valence-electron chi connectivity index (χ1n) is 7.71. The third-order valence-electron chi connectivity index (χ3n) is 4.05. The highest BCUT2D eigenvalue weighted by molar-refractivity contribution is 6.30. The van der Waals surface area contributed by atoms with Crippen molar-refractivity contribution >= 4 is 34.1 Å². The summed E-state index contributed by atoms with van der Waals surface area (Å²) in [5.74, 6) is -0.128. The van der Waals surface area contributed by atoms with Crippen LogP contribution in [0.15, 0.2) is 65.9 Å². The number of pyridine rings is 1. The van der Waals surface area contributed by atoms with Crippen molar-refractivity contribution in [1.82, 2.24) is 9.99 Å². The van der Waals surface area contributed by atoms with Crippen molar-refractivity contribution in [2.75, 3.05) is 6.54 Å². The molecule has 0 fully saturated rings. The first kappa shape index (κ1) is 14.8. The normalized spacial score (nSPS) is 14.0. The van der Waals surface area contributed by atoms with Gasteiger partial charge >= 0.3 is 0 Å². The van der Waals surface area contributed by atoms with Gasteiger partial charge in [0.2, 0.25) is 0 Å². The topological polar surface area (TPSA) is 45.6 Å². The summed E-state index contributed by atoms with van der Waals surface area (Å²) in [6.45, 7) is 0.573. The molecule has 0 saturated carbocycles. The van der Waals surface area contributed by atoms with E-state index in [0.717, 1.165) is 28.6 Å². The van der Waals surface area contributed by atoms with Crippen LogP contribution < -0.4 is 0 Å². The Hall–Kier alpha value is -2.72. The van der Waals surface area contributed by atoms with Crippen molar-refractivity contribution < 1.29 is 4.79 Å². The molecular weight excluding hydrogens is 322 g/mol. The molecule has 24 heavy (non-hydrogen) atoms. The van der Waals surface area contributed by atoms with E-state index in [1.807, 2.05) is 54.6 Å². The molecule has 3 aromatic rings. The number of para-hydroxylation sites is 1. The van der Waals surface area contributed by atoms with Gasteiger partial charge in [-0.25, -0.2) is 5.01 Å². The molecule has 0 atom stereocenters. The summed E-state index contributed by atoms with van der Waals surface area (Å²) in [5, 5.41) is 7.62. The van der Waals surface area contributed by atoms with E-state index >= 15 is 0 Å².